The van der Waals surface area contributed by atoms with Crippen LogP contribution in [0.15, 0.2) is 18.5 Å². The van der Waals surface area contributed by atoms with Crippen molar-refractivity contribution < 1.29 is 4.79 Å². The molecule has 4 heteroatoms. The van der Waals surface area contributed by atoms with Crippen molar-refractivity contribution in [2.75, 3.05) is 0 Å². The molecule has 0 radical (unpaired) electrons. The van der Waals surface area contributed by atoms with Gasteiger partial charge in [0.2, 0.25) is 0 Å². The summed E-state index contributed by atoms with van der Waals surface area (Å²) >= 11 is 0. The minimum Gasteiger partial charge on any atom is -0.351 e. The zero-order valence-corrected chi connectivity index (χ0v) is 6.19. The van der Waals surface area contributed by atoms with Crippen LogP contribution in [0.1, 0.15) is 12.7 Å². The van der Waals surface area contributed by atoms with Gasteiger partial charge in [-0.1, -0.05) is 6.08 Å². The average Bonchev–Trinajstić information content (AvgIpc) is 2.36. The van der Waals surface area contributed by atoms with E-state index in [0.29, 0.717) is 5.82 Å². The highest BCUT2D eigenvalue weighted by Gasteiger charge is 2.01. The lowest BCUT2D eigenvalue weighted by atomic mass is 10.5. The van der Waals surface area contributed by atoms with Crippen molar-refractivity contribution in [1.82, 2.24) is 9.55 Å². The number of hydrogen-bond acceptors (Lipinski definition) is 2. The Hall–Kier alpha value is -1.58. The number of nitrogens with zero attached hydrogens (tertiary/aromatic N) is 2. The molecule has 4 nitrogen and oxygen atoms in total. The number of primary amides is 1. The van der Waals surface area contributed by atoms with Gasteiger partial charge >= 0.3 is 6.03 Å². The number of carbonyl (C=O) groups is 1. The Kier molecular flexibility index (Phi) is 2.06. The number of nitrogens with two attached hydrogens (primary N) is 1. The molecule has 2 N–H and O–H groups in total. The molecule has 0 aliphatic rings. The molecule has 1 aromatic rings. The first-order valence-electron chi connectivity index (χ1n) is 3.21. The molecular weight excluding hydrogens is 142 g/mol. The van der Waals surface area contributed by atoms with Crippen molar-refractivity contribution in [3.05, 3.63) is 24.3 Å². The second kappa shape index (κ2) is 3.01. The Morgan fingerprint density at radius 2 is 2.55 bits per heavy atom. The first-order chi connectivity index (χ1) is 5.25. The lowest BCUT2D eigenvalue weighted by Crippen LogP contribution is -2.19. The summed E-state index contributed by atoms with van der Waals surface area (Å²) in [6, 6.07) is -0.518. The van der Waals surface area contributed by atoms with Gasteiger partial charge in [-0.15, -0.1) is 0 Å². The highest BCUT2D eigenvalue weighted by Crippen LogP contribution is 1.97. The Morgan fingerprint density at radius 1 is 1.82 bits per heavy atom. The van der Waals surface area contributed by atoms with Crippen LogP contribution in [-0.4, -0.2) is 15.6 Å². The predicted molar refractivity (Wildman–Crippen MR) is 41.9 cm³/mol. The Morgan fingerprint density at radius 3 is 3.09 bits per heavy atom. The van der Waals surface area contributed by atoms with E-state index in [1.807, 2.05) is 6.92 Å². The van der Waals surface area contributed by atoms with Crippen molar-refractivity contribution in [3.8, 4) is 0 Å². The van der Waals surface area contributed by atoms with Gasteiger partial charge in [0, 0.05) is 12.4 Å². The minimum atomic E-state index is -0.518. The third-order valence-corrected chi connectivity index (χ3v) is 1.22. The smallest absolute Gasteiger partial charge is 0.324 e. The monoisotopic (exact) mass is 151 g/mol. The van der Waals surface area contributed by atoms with E-state index in [0.717, 1.165) is 0 Å². The van der Waals surface area contributed by atoms with Crippen LogP contribution in [0.25, 0.3) is 6.08 Å². The molecule has 0 aliphatic heterocycles. The van der Waals surface area contributed by atoms with E-state index in [2.05, 4.69) is 4.98 Å². The number of hydrogen-bond donors (Lipinski definition) is 1. The summed E-state index contributed by atoms with van der Waals surface area (Å²) in [6.07, 6.45) is 6.56. The molecule has 0 bridgehead atoms. The van der Waals surface area contributed by atoms with Crippen LogP contribution in [0.3, 0.4) is 0 Å². The molecule has 11 heavy (non-hydrogen) atoms. The van der Waals surface area contributed by atoms with E-state index in [1.165, 1.54) is 17.0 Å². The van der Waals surface area contributed by atoms with Gasteiger partial charge in [0.05, 0.1) is 0 Å². The molecule has 1 aromatic heterocycles. The highest BCUT2D eigenvalue weighted by atomic mass is 16.2. The molecule has 0 saturated carbocycles. The molecule has 0 aromatic carbocycles. The van der Waals surface area contributed by atoms with Gasteiger partial charge < -0.3 is 5.73 Å². The summed E-state index contributed by atoms with van der Waals surface area (Å²) in [4.78, 5) is 14.6. The predicted octanol–water partition coefficient (Wildman–Crippen LogP) is 0.843. The normalized spacial score (nSPS) is 10.6. The first-order valence-corrected chi connectivity index (χ1v) is 3.21. The molecule has 0 saturated heterocycles. The van der Waals surface area contributed by atoms with Crippen LogP contribution in [-0.2, 0) is 0 Å². The van der Waals surface area contributed by atoms with Crippen LogP contribution in [0.5, 0.6) is 0 Å². The molecule has 1 rings (SSSR count). The quantitative estimate of drug-likeness (QED) is 0.646. The largest absolute Gasteiger partial charge is 0.351 e. The second-order valence-corrected chi connectivity index (χ2v) is 1.99. The van der Waals surface area contributed by atoms with Gasteiger partial charge in [0.1, 0.15) is 5.82 Å². The number of amides is 1. The third-order valence-electron chi connectivity index (χ3n) is 1.22. The average molecular weight is 151 g/mol. The minimum absolute atomic E-state index is 0.518. The lowest BCUT2D eigenvalue weighted by molar-refractivity contribution is 0.250. The van der Waals surface area contributed by atoms with Crippen LogP contribution in [0, 0.1) is 0 Å². The molecule has 0 atom stereocenters. The molecule has 1 heterocycles. The Labute approximate surface area is 64.3 Å². The summed E-state index contributed by atoms with van der Waals surface area (Å²) in [5.41, 5.74) is 5.04. The van der Waals surface area contributed by atoms with E-state index < -0.39 is 6.03 Å². The number of aromatic nitrogens is 2. The molecule has 0 aliphatic carbocycles. The van der Waals surface area contributed by atoms with E-state index in [9.17, 15) is 4.79 Å². The fraction of sp³-hybridized carbons (Fsp3) is 0.143. The van der Waals surface area contributed by atoms with Gasteiger partial charge in [-0.2, -0.15) is 0 Å². The zero-order valence-electron chi connectivity index (χ0n) is 6.19. The van der Waals surface area contributed by atoms with Gasteiger partial charge in [-0.25, -0.2) is 9.78 Å². The van der Waals surface area contributed by atoms with Gasteiger partial charge in [-0.3, -0.25) is 4.57 Å². The lowest BCUT2D eigenvalue weighted by Gasteiger charge is -1.95. The molecule has 0 fully saturated rings. The zero-order chi connectivity index (χ0) is 8.27. The van der Waals surface area contributed by atoms with Crippen LogP contribution >= 0.6 is 0 Å². The van der Waals surface area contributed by atoms with Crippen molar-refractivity contribution in [2.24, 2.45) is 5.73 Å². The van der Waals surface area contributed by atoms with Crippen molar-refractivity contribution in [1.29, 1.82) is 0 Å². The van der Waals surface area contributed by atoms with Crippen LogP contribution in [0.2, 0.25) is 0 Å². The molecule has 1 amide bonds. The molecular formula is C7H9N3O. The maximum atomic E-state index is 10.7. The summed E-state index contributed by atoms with van der Waals surface area (Å²) in [5.74, 6) is 0.556. The highest BCUT2D eigenvalue weighted by molar-refractivity contribution is 5.76. The van der Waals surface area contributed by atoms with Crippen molar-refractivity contribution >= 4 is 12.1 Å². The number of imidazole rings is 1. The van der Waals surface area contributed by atoms with E-state index in [-0.39, 0.29) is 0 Å². The molecule has 0 unspecified atom stereocenters. The van der Waals surface area contributed by atoms with E-state index in [4.69, 9.17) is 5.73 Å². The Balaban J connectivity index is 3.05. The fourth-order valence-electron chi connectivity index (χ4n) is 0.774. The topological polar surface area (TPSA) is 60.9 Å². The molecule has 0 spiro atoms. The SMILES string of the molecule is C/C=C\c1nccn1C(N)=O. The maximum Gasteiger partial charge on any atom is 0.324 e. The molecule has 58 valence electrons. The summed E-state index contributed by atoms with van der Waals surface area (Å²) in [6.45, 7) is 1.85. The van der Waals surface area contributed by atoms with Crippen LogP contribution < -0.4 is 5.73 Å². The standard InChI is InChI=1S/C7H9N3O/c1-2-3-6-9-4-5-10(6)7(8)11/h2-5H,1H3,(H2,8,11)/b3-2-. The van der Waals surface area contributed by atoms with Crippen LogP contribution in [0.4, 0.5) is 4.79 Å². The number of allylic oxidation sites excluding steroid dienone is 1. The van der Waals surface area contributed by atoms with Crippen molar-refractivity contribution in [2.45, 2.75) is 6.92 Å². The fourth-order valence-corrected chi connectivity index (χ4v) is 0.774. The van der Waals surface area contributed by atoms with E-state index in [1.54, 1.807) is 12.2 Å². The van der Waals surface area contributed by atoms with Gasteiger partial charge in [-0.05, 0) is 13.0 Å². The van der Waals surface area contributed by atoms with Crippen molar-refractivity contribution in [3.63, 3.8) is 0 Å². The maximum absolute atomic E-state index is 10.7. The third kappa shape index (κ3) is 1.46. The second-order valence-electron chi connectivity index (χ2n) is 1.99. The number of rotatable bonds is 1. The first kappa shape index (κ1) is 7.53. The van der Waals surface area contributed by atoms with E-state index >= 15 is 0 Å². The Bertz CT molecular complexity index is 288. The van der Waals surface area contributed by atoms with Gasteiger partial charge in [0.15, 0.2) is 0 Å². The summed E-state index contributed by atoms with van der Waals surface area (Å²) < 4.78 is 1.28. The van der Waals surface area contributed by atoms with Gasteiger partial charge in [0.25, 0.3) is 0 Å². The summed E-state index contributed by atoms with van der Waals surface area (Å²) in [5, 5.41) is 0. The summed E-state index contributed by atoms with van der Waals surface area (Å²) in [7, 11) is 0. The number of carbonyl (C=O) groups excluding carboxylic acids is 1.